The molecule has 134 valence electrons. The number of alkyl halides is 2. The molecule has 0 spiro atoms. The van der Waals surface area contributed by atoms with E-state index in [9.17, 15) is 22.0 Å². The molecule has 6 nitrogen and oxygen atoms in total. The minimum absolute atomic E-state index is 0.0574. The van der Waals surface area contributed by atoms with Crippen molar-refractivity contribution in [1.29, 1.82) is 0 Å². The zero-order valence-corrected chi connectivity index (χ0v) is 14.1. The maximum atomic E-state index is 12.7. The average Bonchev–Trinajstić information content (AvgIpc) is 2.77. The number of rotatable bonds is 5. The molecular weight excluding hydrogens is 342 g/mol. The molecule has 1 aromatic rings. The molecule has 1 saturated heterocycles. The van der Waals surface area contributed by atoms with Gasteiger partial charge in [0.2, 0.25) is 10.0 Å². The van der Waals surface area contributed by atoms with Gasteiger partial charge in [-0.1, -0.05) is 0 Å². The molecule has 0 unspecified atom stereocenters. The number of carbonyl (C=O) groups excluding carboxylic acids is 1. The Morgan fingerprint density at radius 3 is 2.67 bits per heavy atom. The minimum Gasteiger partial charge on any atom is -0.377 e. The molecule has 1 aromatic carbocycles. The molecule has 1 N–H and O–H groups in total. The standard InChI is InChI=1S/C15H20F2N2O4S/c1-11-10-19(7-2-8-23-11)24(21,22)13-5-3-12(4-6-13)15(20)18-9-14(16)17/h3-6,11,14H,2,7-10H2,1H3,(H,18,20)/t11-/m0/s1. The Hall–Kier alpha value is -1.58. The van der Waals surface area contributed by atoms with Crippen molar-refractivity contribution in [2.75, 3.05) is 26.2 Å². The van der Waals surface area contributed by atoms with Crippen molar-refractivity contribution in [1.82, 2.24) is 9.62 Å². The van der Waals surface area contributed by atoms with Crippen LogP contribution in [0.1, 0.15) is 23.7 Å². The lowest BCUT2D eigenvalue weighted by molar-refractivity contribution is 0.0752. The molecule has 24 heavy (non-hydrogen) atoms. The molecule has 1 atom stereocenters. The van der Waals surface area contributed by atoms with Crippen molar-refractivity contribution in [3.63, 3.8) is 0 Å². The van der Waals surface area contributed by atoms with Gasteiger partial charge in [-0.25, -0.2) is 17.2 Å². The number of halogens is 2. The van der Waals surface area contributed by atoms with E-state index in [0.717, 1.165) is 0 Å². The van der Waals surface area contributed by atoms with Crippen LogP contribution in [0.15, 0.2) is 29.2 Å². The second-order valence-electron chi connectivity index (χ2n) is 5.52. The van der Waals surface area contributed by atoms with E-state index >= 15 is 0 Å². The monoisotopic (exact) mass is 362 g/mol. The Bertz CT molecular complexity index is 665. The van der Waals surface area contributed by atoms with Crippen LogP contribution in [-0.2, 0) is 14.8 Å². The number of hydrogen-bond donors (Lipinski definition) is 1. The number of nitrogens with one attached hydrogen (secondary N) is 1. The van der Waals surface area contributed by atoms with Gasteiger partial charge in [0.25, 0.3) is 12.3 Å². The van der Waals surface area contributed by atoms with E-state index in [1.54, 1.807) is 0 Å². The number of carbonyl (C=O) groups is 1. The van der Waals surface area contributed by atoms with Gasteiger partial charge in [0, 0.05) is 25.3 Å². The second-order valence-corrected chi connectivity index (χ2v) is 7.46. The first kappa shape index (κ1) is 18.8. The predicted octanol–water partition coefficient (Wildman–Crippen LogP) is 1.48. The van der Waals surface area contributed by atoms with E-state index < -0.39 is 28.9 Å². The Kier molecular flexibility index (Phi) is 6.25. The zero-order valence-electron chi connectivity index (χ0n) is 13.2. The molecule has 0 aromatic heterocycles. The lowest BCUT2D eigenvalue weighted by Gasteiger charge is -2.21. The summed E-state index contributed by atoms with van der Waals surface area (Å²) in [6.07, 6.45) is -2.22. The van der Waals surface area contributed by atoms with E-state index in [0.29, 0.717) is 19.6 Å². The van der Waals surface area contributed by atoms with Gasteiger partial charge in [-0.15, -0.1) is 0 Å². The van der Waals surface area contributed by atoms with Crippen molar-refractivity contribution < 1.29 is 26.7 Å². The van der Waals surface area contributed by atoms with Crippen LogP contribution in [0.4, 0.5) is 8.78 Å². The maximum absolute atomic E-state index is 12.7. The molecule has 0 bridgehead atoms. The number of hydrogen-bond acceptors (Lipinski definition) is 4. The molecule has 1 heterocycles. The van der Waals surface area contributed by atoms with Crippen LogP contribution in [0.3, 0.4) is 0 Å². The van der Waals surface area contributed by atoms with Crippen molar-refractivity contribution in [3.8, 4) is 0 Å². The lowest BCUT2D eigenvalue weighted by Crippen LogP contribution is -2.36. The first-order valence-corrected chi connectivity index (χ1v) is 9.03. The van der Waals surface area contributed by atoms with Crippen LogP contribution in [0, 0.1) is 0 Å². The summed E-state index contributed by atoms with van der Waals surface area (Å²) in [6, 6.07) is 5.24. The third kappa shape index (κ3) is 4.71. The summed E-state index contributed by atoms with van der Waals surface area (Å²) in [5, 5.41) is 2.07. The summed E-state index contributed by atoms with van der Waals surface area (Å²) >= 11 is 0. The lowest BCUT2D eigenvalue weighted by atomic mass is 10.2. The van der Waals surface area contributed by atoms with Gasteiger partial charge in [0.15, 0.2) is 0 Å². The van der Waals surface area contributed by atoms with Crippen LogP contribution in [-0.4, -0.2) is 57.4 Å². The molecule has 0 radical (unpaired) electrons. The molecule has 1 aliphatic heterocycles. The fourth-order valence-electron chi connectivity index (χ4n) is 2.37. The van der Waals surface area contributed by atoms with Crippen LogP contribution < -0.4 is 5.32 Å². The van der Waals surface area contributed by atoms with E-state index in [2.05, 4.69) is 5.32 Å². The largest absolute Gasteiger partial charge is 0.377 e. The number of ether oxygens (including phenoxy) is 1. The highest BCUT2D eigenvalue weighted by atomic mass is 32.2. The summed E-state index contributed by atoms with van der Waals surface area (Å²) < 4.78 is 56.3. The molecular formula is C15H20F2N2O4S. The van der Waals surface area contributed by atoms with E-state index in [1.165, 1.54) is 28.6 Å². The van der Waals surface area contributed by atoms with Crippen molar-refractivity contribution in [3.05, 3.63) is 29.8 Å². The quantitative estimate of drug-likeness (QED) is 0.861. The number of sulfonamides is 1. The molecule has 1 aliphatic rings. The van der Waals surface area contributed by atoms with Crippen LogP contribution >= 0.6 is 0 Å². The van der Waals surface area contributed by atoms with Gasteiger partial charge >= 0.3 is 0 Å². The number of amides is 1. The normalized spacial score (nSPS) is 19.9. The first-order chi connectivity index (χ1) is 11.3. The Balaban J connectivity index is 2.12. The van der Waals surface area contributed by atoms with Crippen molar-refractivity contribution >= 4 is 15.9 Å². The molecule has 0 saturated carbocycles. The van der Waals surface area contributed by atoms with Crippen molar-refractivity contribution in [2.24, 2.45) is 0 Å². The fourth-order valence-corrected chi connectivity index (χ4v) is 3.93. The highest BCUT2D eigenvalue weighted by Gasteiger charge is 2.27. The Morgan fingerprint density at radius 1 is 1.38 bits per heavy atom. The molecule has 2 rings (SSSR count). The van der Waals surface area contributed by atoms with Gasteiger partial charge in [0.1, 0.15) is 0 Å². The van der Waals surface area contributed by atoms with E-state index in [1.807, 2.05) is 6.92 Å². The van der Waals surface area contributed by atoms with Gasteiger partial charge in [0.05, 0.1) is 17.5 Å². The minimum atomic E-state index is -3.68. The summed E-state index contributed by atoms with van der Waals surface area (Å²) in [5.41, 5.74) is 0.127. The molecule has 0 aliphatic carbocycles. The van der Waals surface area contributed by atoms with Gasteiger partial charge in [-0.2, -0.15) is 4.31 Å². The Morgan fingerprint density at radius 2 is 2.04 bits per heavy atom. The topological polar surface area (TPSA) is 75.7 Å². The summed E-state index contributed by atoms with van der Waals surface area (Å²) in [4.78, 5) is 11.7. The fraction of sp³-hybridized carbons (Fsp3) is 0.533. The smallest absolute Gasteiger partial charge is 0.255 e. The zero-order chi connectivity index (χ0) is 17.7. The van der Waals surface area contributed by atoms with Crippen molar-refractivity contribution in [2.45, 2.75) is 30.8 Å². The predicted molar refractivity (Wildman–Crippen MR) is 83.6 cm³/mol. The van der Waals surface area contributed by atoms with Gasteiger partial charge < -0.3 is 10.1 Å². The number of benzene rings is 1. The molecule has 1 amide bonds. The SMILES string of the molecule is C[C@H]1CN(S(=O)(=O)c2ccc(C(=O)NCC(F)F)cc2)CCCO1. The van der Waals surface area contributed by atoms with Crippen LogP contribution in [0.5, 0.6) is 0 Å². The second kappa shape index (κ2) is 8.00. The van der Waals surface area contributed by atoms with Gasteiger partial charge in [-0.05, 0) is 37.6 Å². The Labute approximate surface area is 139 Å². The van der Waals surface area contributed by atoms with Crippen LogP contribution in [0.2, 0.25) is 0 Å². The molecule has 9 heteroatoms. The number of nitrogens with zero attached hydrogens (tertiary/aromatic N) is 1. The third-order valence-corrected chi connectivity index (χ3v) is 5.47. The van der Waals surface area contributed by atoms with E-state index in [-0.39, 0.29) is 23.1 Å². The van der Waals surface area contributed by atoms with Crippen LogP contribution in [0.25, 0.3) is 0 Å². The maximum Gasteiger partial charge on any atom is 0.255 e. The molecule has 1 fully saturated rings. The summed E-state index contributed by atoms with van der Waals surface area (Å²) in [6.45, 7) is 2.20. The summed E-state index contributed by atoms with van der Waals surface area (Å²) in [7, 11) is -3.68. The van der Waals surface area contributed by atoms with Gasteiger partial charge in [-0.3, -0.25) is 4.79 Å². The first-order valence-electron chi connectivity index (χ1n) is 7.59. The van der Waals surface area contributed by atoms with E-state index in [4.69, 9.17) is 4.74 Å². The third-order valence-electron chi connectivity index (χ3n) is 3.59. The highest BCUT2D eigenvalue weighted by Crippen LogP contribution is 2.19. The highest BCUT2D eigenvalue weighted by molar-refractivity contribution is 7.89. The average molecular weight is 362 g/mol. The summed E-state index contributed by atoms with van der Waals surface area (Å²) in [5.74, 6) is -0.670.